The molecule has 0 aliphatic carbocycles. The molecule has 174 valence electrons. The van der Waals surface area contributed by atoms with Crippen LogP contribution in [0.1, 0.15) is 21.5 Å². The van der Waals surface area contributed by atoms with E-state index < -0.39 is 17.8 Å². The first-order valence-corrected chi connectivity index (χ1v) is 10.6. The van der Waals surface area contributed by atoms with Crippen molar-refractivity contribution in [3.05, 3.63) is 87.4 Å². The molecule has 2 N–H and O–H groups in total. The first-order valence-electron chi connectivity index (χ1n) is 9.83. The summed E-state index contributed by atoms with van der Waals surface area (Å²) in [6.07, 6.45) is 1.31. The van der Waals surface area contributed by atoms with Crippen LogP contribution in [-0.4, -0.2) is 31.1 Å². The minimum atomic E-state index is -0.933. The molecular formula is C24H19Cl2N3O5. The number of hydrogen-bond acceptors (Lipinski definition) is 6. The number of methoxy groups -OCH3 is 1. The summed E-state index contributed by atoms with van der Waals surface area (Å²) >= 11 is 11.9. The van der Waals surface area contributed by atoms with E-state index in [9.17, 15) is 14.4 Å². The molecule has 0 aliphatic rings. The fourth-order valence-electron chi connectivity index (χ4n) is 2.77. The van der Waals surface area contributed by atoms with Crippen LogP contribution < -0.4 is 20.2 Å². The minimum Gasteiger partial charge on any atom is -0.493 e. The van der Waals surface area contributed by atoms with Gasteiger partial charge in [0.15, 0.2) is 11.5 Å². The first-order chi connectivity index (χ1) is 16.3. The van der Waals surface area contributed by atoms with E-state index in [1.807, 2.05) is 19.1 Å². The van der Waals surface area contributed by atoms with Crippen molar-refractivity contribution in [3.63, 3.8) is 0 Å². The molecule has 3 aromatic rings. The summed E-state index contributed by atoms with van der Waals surface area (Å²) in [5.74, 6) is -2.08. The Morgan fingerprint density at radius 3 is 2.41 bits per heavy atom. The third-order valence-corrected chi connectivity index (χ3v) is 5.07. The van der Waals surface area contributed by atoms with Crippen LogP contribution in [0.5, 0.6) is 11.5 Å². The lowest BCUT2D eigenvalue weighted by molar-refractivity contribution is -0.136. The van der Waals surface area contributed by atoms with Gasteiger partial charge in [0, 0.05) is 10.7 Å². The van der Waals surface area contributed by atoms with Gasteiger partial charge in [-0.3, -0.25) is 9.59 Å². The fraction of sp³-hybridized carbons (Fsp3) is 0.0833. The highest BCUT2D eigenvalue weighted by molar-refractivity contribution is 6.39. The quantitative estimate of drug-likeness (QED) is 0.169. The molecule has 2 amide bonds. The Balaban J connectivity index is 1.63. The summed E-state index contributed by atoms with van der Waals surface area (Å²) in [6, 6.07) is 16.1. The number of amides is 2. The molecule has 0 spiro atoms. The molecule has 0 radical (unpaired) electrons. The van der Waals surface area contributed by atoms with Crippen LogP contribution in [0.2, 0.25) is 10.0 Å². The maximum absolute atomic E-state index is 12.4. The minimum absolute atomic E-state index is 0.144. The van der Waals surface area contributed by atoms with Crippen molar-refractivity contribution in [3.8, 4) is 11.5 Å². The second kappa shape index (κ2) is 11.3. The zero-order valence-corrected chi connectivity index (χ0v) is 19.6. The van der Waals surface area contributed by atoms with Crippen molar-refractivity contribution in [2.45, 2.75) is 6.92 Å². The Bertz CT molecular complexity index is 1280. The summed E-state index contributed by atoms with van der Waals surface area (Å²) in [6.45, 7) is 1.81. The molecule has 10 heteroatoms. The number of esters is 1. The predicted octanol–water partition coefficient (Wildman–Crippen LogP) is 4.62. The molecule has 3 aromatic carbocycles. The molecule has 0 atom stereocenters. The number of halogens is 2. The average Bonchev–Trinajstić information content (AvgIpc) is 2.81. The number of ether oxygens (including phenoxy) is 2. The smallest absolute Gasteiger partial charge is 0.345 e. The Labute approximate surface area is 205 Å². The number of hydrogen-bond donors (Lipinski definition) is 2. The number of carbonyl (C=O) groups is 3. The Morgan fingerprint density at radius 1 is 0.941 bits per heavy atom. The Hall–Kier alpha value is -3.88. The van der Waals surface area contributed by atoms with Gasteiger partial charge in [0.1, 0.15) is 0 Å². The zero-order valence-electron chi connectivity index (χ0n) is 18.1. The fourth-order valence-corrected chi connectivity index (χ4v) is 3.25. The van der Waals surface area contributed by atoms with Gasteiger partial charge in [0.2, 0.25) is 0 Å². The third-order valence-electron chi connectivity index (χ3n) is 4.52. The molecule has 0 saturated heterocycles. The molecular weight excluding hydrogens is 481 g/mol. The summed E-state index contributed by atoms with van der Waals surface area (Å²) in [7, 11) is 1.40. The van der Waals surface area contributed by atoms with E-state index in [-0.39, 0.29) is 22.1 Å². The molecule has 0 unspecified atom stereocenters. The van der Waals surface area contributed by atoms with Gasteiger partial charge in [0.05, 0.1) is 23.9 Å². The lowest BCUT2D eigenvalue weighted by atomic mass is 10.2. The monoisotopic (exact) mass is 499 g/mol. The van der Waals surface area contributed by atoms with E-state index in [1.54, 1.807) is 18.2 Å². The first kappa shape index (κ1) is 24.8. The molecule has 0 aromatic heterocycles. The maximum atomic E-state index is 12.4. The van der Waals surface area contributed by atoms with E-state index in [0.29, 0.717) is 16.3 Å². The summed E-state index contributed by atoms with van der Waals surface area (Å²) in [5, 5.41) is 6.84. The molecule has 0 saturated carbocycles. The van der Waals surface area contributed by atoms with Gasteiger partial charge in [-0.2, -0.15) is 5.10 Å². The highest BCUT2D eigenvalue weighted by Gasteiger charge is 2.16. The van der Waals surface area contributed by atoms with Gasteiger partial charge >= 0.3 is 17.8 Å². The van der Waals surface area contributed by atoms with Crippen LogP contribution in [0.3, 0.4) is 0 Å². The standard InChI is InChI=1S/C24H19Cl2N3O5/c1-14-5-3-4-6-19(14)28-22(30)23(31)29-27-13-15-7-10-20(21(11-15)33-2)34-24(32)17-9-8-16(25)12-18(17)26/h3-13H,1-2H3,(H,28,30)(H,29,31)/b27-13+. The largest absolute Gasteiger partial charge is 0.493 e. The van der Waals surface area contributed by atoms with Crippen LogP contribution in [-0.2, 0) is 9.59 Å². The van der Waals surface area contributed by atoms with Crippen molar-refractivity contribution in [1.82, 2.24) is 5.43 Å². The second-order valence-corrected chi connectivity index (χ2v) is 7.74. The number of nitrogens with zero attached hydrogens (tertiary/aromatic N) is 1. The molecule has 3 rings (SSSR count). The predicted molar refractivity (Wildman–Crippen MR) is 130 cm³/mol. The molecule has 0 bridgehead atoms. The molecule has 0 fully saturated rings. The number of rotatable bonds is 6. The number of anilines is 1. The van der Waals surface area contributed by atoms with Crippen molar-refractivity contribution in [2.24, 2.45) is 5.10 Å². The number of hydrazone groups is 1. The number of aryl methyl sites for hydroxylation is 1. The van der Waals surface area contributed by atoms with Gasteiger partial charge < -0.3 is 14.8 Å². The van der Waals surface area contributed by atoms with Gasteiger partial charge in [-0.1, -0.05) is 41.4 Å². The normalized spacial score (nSPS) is 10.6. The van der Waals surface area contributed by atoms with E-state index in [1.165, 1.54) is 43.7 Å². The number of nitrogens with one attached hydrogen (secondary N) is 2. The van der Waals surface area contributed by atoms with E-state index >= 15 is 0 Å². The van der Waals surface area contributed by atoms with Crippen molar-refractivity contribution in [2.75, 3.05) is 12.4 Å². The van der Waals surface area contributed by atoms with Crippen LogP contribution in [0.15, 0.2) is 65.8 Å². The molecule has 0 heterocycles. The van der Waals surface area contributed by atoms with Gasteiger partial charge in [-0.05, 0) is 60.5 Å². The third kappa shape index (κ3) is 6.34. The number of benzene rings is 3. The highest BCUT2D eigenvalue weighted by atomic mass is 35.5. The van der Waals surface area contributed by atoms with E-state index in [4.69, 9.17) is 32.7 Å². The highest BCUT2D eigenvalue weighted by Crippen LogP contribution is 2.30. The Morgan fingerprint density at radius 2 is 1.71 bits per heavy atom. The van der Waals surface area contributed by atoms with Gasteiger partial charge in [-0.15, -0.1) is 0 Å². The lowest BCUT2D eigenvalue weighted by Crippen LogP contribution is -2.32. The second-order valence-electron chi connectivity index (χ2n) is 6.89. The van der Waals surface area contributed by atoms with Crippen LogP contribution in [0.25, 0.3) is 0 Å². The van der Waals surface area contributed by atoms with Crippen molar-refractivity contribution in [1.29, 1.82) is 0 Å². The SMILES string of the molecule is COc1cc(/C=N/NC(=O)C(=O)Nc2ccccc2C)ccc1OC(=O)c1ccc(Cl)cc1Cl. The van der Waals surface area contributed by atoms with Crippen LogP contribution >= 0.6 is 23.2 Å². The number of carbonyl (C=O) groups excluding carboxylic acids is 3. The number of para-hydroxylation sites is 1. The topological polar surface area (TPSA) is 106 Å². The zero-order chi connectivity index (χ0) is 24.7. The van der Waals surface area contributed by atoms with E-state index in [0.717, 1.165) is 5.56 Å². The van der Waals surface area contributed by atoms with Gasteiger partial charge in [0.25, 0.3) is 0 Å². The Kier molecular flexibility index (Phi) is 8.24. The van der Waals surface area contributed by atoms with Crippen LogP contribution in [0.4, 0.5) is 5.69 Å². The molecule has 34 heavy (non-hydrogen) atoms. The summed E-state index contributed by atoms with van der Waals surface area (Å²) < 4.78 is 10.7. The summed E-state index contributed by atoms with van der Waals surface area (Å²) in [4.78, 5) is 36.5. The van der Waals surface area contributed by atoms with Crippen LogP contribution in [0, 0.1) is 6.92 Å². The lowest BCUT2D eigenvalue weighted by Gasteiger charge is -2.10. The summed E-state index contributed by atoms with van der Waals surface area (Å²) in [5.41, 5.74) is 4.16. The average molecular weight is 500 g/mol. The van der Waals surface area contributed by atoms with Gasteiger partial charge in [-0.25, -0.2) is 10.2 Å². The molecule has 0 aliphatic heterocycles. The van der Waals surface area contributed by atoms with Crippen molar-refractivity contribution >= 4 is 52.9 Å². The molecule has 8 nitrogen and oxygen atoms in total. The van der Waals surface area contributed by atoms with E-state index in [2.05, 4.69) is 15.8 Å². The van der Waals surface area contributed by atoms with Crippen molar-refractivity contribution < 1.29 is 23.9 Å². The maximum Gasteiger partial charge on any atom is 0.345 e.